The predicted molar refractivity (Wildman–Crippen MR) is 99.9 cm³/mol. The lowest BCUT2D eigenvalue weighted by atomic mass is 10.1. The van der Waals surface area contributed by atoms with E-state index in [1.54, 1.807) is 6.92 Å². The van der Waals surface area contributed by atoms with E-state index in [1.165, 1.54) is 6.07 Å². The van der Waals surface area contributed by atoms with Crippen molar-refractivity contribution in [2.45, 2.75) is 39.9 Å². The maximum absolute atomic E-state index is 12.3. The van der Waals surface area contributed by atoms with Gasteiger partial charge in [0.1, 0.15) is 0 Å². The summed E-state index contributed by atoms with van der Waals surface area (Å²) >= 11 is 1.14. The van der Waals surface area contributed by atoms with Crippen LogP contribution in [0.2, 0.25) is 0 Å². The van der Waals surface area contributed by atoms with Crippen LogP contribution in [0.4, 0.5) is 5.69 Å². The van der Waals surface area contributed by atoms with Gasteiger partial charge in [0, 0.05) is 25.2 Å². The standard InChI is InChI=1S/C18H23N3O3S/c1-12(2)20(4)11-15-8-6-5-7-14(15)10-19-18(22)17-9-16(21(23)24)13(3)25-17/h5-9,12H,10-11H2,1-4H3,(H,19,22). The first-order valence-electron chi connectivity index (χ1n) is 8.09. The van der Waals surface area contributed by atoms with Crippen LogP contribution >= 0.6 is 11.3 Å². The predicted octanol–water partition coefficient (Wildman–Crippen LogP) is 3.73. The molecule has 0 saturated heterocycles. The largest absolute Gasteiger partial charge is 0.347 e. The van der Waals surface area contributed by atoms with Gasteiger partial charge < -0.3 is 5.32 Å². The van der Waals surface area contributed by atoms with Crippen molar-refractivity contribution >= 4 is 22.9 Å². The van der Waals surface area contributed by atoms with Crippen LogP contribution in [-0.4, -0.2) is 28.8 Å². The fourth-order valence-electron chi connectivity index (χ4n) is 2.36. The van der Waals surface area contributed by atoms with Crippen molar-refractivity contribution in [1.29, 1.82) is 0 Å². The van der Waals surface area contributed by atoms with Crippen LogP contribution in [0.5, 0.6) is 0 Å². The van der Waals surface area contributed by atoms with Gasteiger partial charge in [-0.2, -0.15) is 0 Å². The SMILES string of the molecule is Cc1sc(C(=O)NCc2ccccc2CN(C)C(C)C)cc1[N+](=O)[O-]. The Labute approximate surface area is 151 Å². The molecule has 0 saturated carbocycles. The van der Waals surface area contributed by atoms with Crippen molar-refractivity contribution in [3.8, 4) is 0 Å². The molecule has 0 unspecified atom stereocenters. The van der Waals surface area contributed by atoms with E-state index in [4.69, 9.17) is 0 Å². The minimum atomic E-state index is -0.459. The van der Waals surface area contributed by atoms with Gasteiger partial charge in [0.05, 0.1) is 14.7 Å². The molecule has 0 aliphatic carbocycles. The minimum absolute atomic E-state index is 0.00546. The van der Waals surface area contributed by atoms with Gasteiger partial charge in [-0.25, -0.2) is 0 Å². The highest BCUT2D eigenvalue weighted by molar-refractivity contribution is 7.14. The van der Waals surface area contributed by atoms with Gasteiger partial charge in [-0.15, -0.1) is 11.3 Å². The van der Waals surface area contributed by atoms with Gasteiger partial charge in [-0.05, 0) is 38.9 Å². The topological polar surface area (TPSA) is 75.5 Å². The van der Waals surface area contributed by atoms with Crippen LogP contribution in [0, 0.1) is 17.0 Å². The molecule has 134 valence electrons. The normalized spacial score (nSPS) is 11.1. The zero-order chi connectivity index (χ0) is 18.6. The third-order valence-electron chi connectivity index (χ3n) is 4.17. The first kappa shape index (κ1) is 19.1. The molecule has 1 aromatic heterocycles. The quantitative estimate of drug-likeness (QED) is 0.602. The van der Waals surface area contributed by atoms with Crippen molar-refractivity contribution in [1.82, 2.24) is 10.2 Å². The lowest BCUT2D eigenvalue weighted by Crippen LogP contribution is -2.27. The van der Waals surface area contributed by atoms with Gasteiger partial charge in [0.2, 0.25) is 0 Å². The number of benzene rings is 1. The minimum Gasteiger partial charge on any atom is -0.347 e. The van der Waals surface area contributed by atoms with Crippen molar-refractivity contribution in [3.63, 3.8) is 0 Å². The number of nitrogens with zero attached hydrogens (tertiary/aromatic N) is 2. The molecule has 0 fully saturated rings. The molecule has 0 atom stereocenters. The van der Waals surface area contributed by atoms with Crippen molar-refractivity contribution in [2.75, 3.05) is 7.05 Å². The molecule has 1 heterocycles. The lowest BCUT2D eigenvalue weighted by Gasteiger charge is -2.22. The lowest BCUT2D eigenvalue weighted by molar-refractivity contribution is -0.385. The Hall–Kier alpha value is -2.25. The van der Waals surface area contributed by atoms with Crippen molar-refractivity contribution in [2.24, 2.45) is 0 Å². The van der Waals surface area contributed by atoms with E-state index >= 15 is 0 Å². The van der Waals surface area contributed by atoms with E-state index in [0.29, 0.717) is 22.3 Å². The van der Waals surface area contributed by atoms with Crippen LogP contribution in [-0.2, 0) is 13.1 Å². The van der Waals surface area contributed by atoms with E-state index in [0.717, 1.165) is 29.0 Å². The summed E-state index contributed by atoms with van der Waals surface area (Å²) in [5.41, 5.74) is 2.20. The zero-order valence-corrected chi connectivity index (χ0v) is 15.7. The first-order valence-corrected chi connectivity index (χ1v) is 8.91. The number of thiophene rings is 1. The molecule has 0 bridgehead atoms. The van der Waals surface area contributed by atoms with E-state index in [-0.39, 0.29) is 11.6 Å². The molecular weight excluding hydrogens is 338 g/mol. The summed E-state index contributed by atoms with van der Waals surface area (Å²) in [4.78, 5) is 25.9. The molecule has 25 heavy (non-hydrogen) atoms. The smallest absolute Gasteiger partial charge is 0.283 e. The molecule has 0 aliphatic rings. The van der Waals surface area contributed by atoms with Gasteiger partial charge in [-0.1, -0.05) is 24.3 Å². The number of carbonyl (C=O) groups is 1. The molecule has 1 N–H and O–H groups in total. The Morgan fingerprint density at radius 2 is 1.96 bits per heavy atom. The molecule has 6 nitrogen and oxygen atoms in total. The Morgan fingerprint density at radius 3 is 2.52 bits per heavy atom. The number of nitrogens with one attached hydrogen (secondary N) is 1. The Morgan fingerprint density at radius 1 is 1.32 bits per heavy atom. The summed E-state index contributed by atoms with van der Waals surface area (Å²) in [7, 11) is 2.06. The number of hydrogen-bond donors (Lipinski definition) is 1. The first-order chi connectivity index (χ1) is 11.8. The molecule has 1 aromatic carbocycles. The van der Waals surface area contributed by atoms with Crippen molar-refractivity contribution < 1.29 is 9.72 Å². The summed E-state index contributed by atoms with van der Waals surface area (Å²) in [6.45, 7) is 7.11. The number of aryl methyl sites for hydroxylation is 1. The van der Waals surface area contributed by atoms with E-state index in [2.05, 4.69) is 37.2 Å². The Kier molecular flexibility index (Phi) is 6.27. The molecule has 0 spiro atoms. The van der Waals surface area contributed by atoms with Crippen molar-refractivity contribution in [3.05, 3.63) is 61.3 Å². The molecule has 0 aliphatic heterocycles. The summed E-state index contributed by atoms with van der Waals surface area (Å²) in [6, 6.07) is 9.75. The number of hydrogen-bond acceptors (Lipinski definition) is 5. The van der Waals surface area contributed by atoms with Crippen LogP contribution in [0.3, 0.4) is 0 Å². The fourth-order valence-corrected chi connectivity index (χ4v) is 3.27. The van der Waals surface area contributed by atoms with Crippen LogP contribution in [0.15, 0.2) is 30.3 Å². The number of nitro groups is 1. The molecule has 2 rings (SSSR count). The van der Waals surface area contributed by atoms with Crippen LogP contribution in [0.1, 0.15) is 39.5 Å². The summed E-state index contributed by atoms with van der Waals surface area (Å²) in [5, 5.41) is 13.8. The maximum atomic E-state index is 12.3. The third kappa shape index (κ3) is 4.87. The Bertz CT molecular complexity index is 771. The van der Waals surface area contributed by atoms with E-state index < -0.39 is 4.92 Å². The number of carbonyl (C=O) groups excluding carboxylic acids is 1. The maximum Gasteiger partial charge on any atom is 0.283 e. The third-order valence-corrected chi connectivity index (χ3v) is 5.21. The number of amides is 1. The second kappa shape index (κ2) is 8.22. The summed E-state index contributed by atoms with van der Waals surface area (Å²) < 4.78 is 0. The molecule has 0 radical (unpaired) electrons. The van der Waals surface area contributed by atoms with Gasteiger partial charge in [-0.3, -0.25) is 19.8 Å². The van der Waals surface area contributed by atoms with Crippen LogP contribution < -0.4 is 5.32 Å². The van der Waals surface area contributed by atoms with Gasteiger partial charge in [0.15, 0.2) is 0 Å². The molecule has 2 aromatic rings. The molecular formula is C18H23N3O3S. The summed E-state index contributed by atoms with van der Waals surface area (Å²) in [6.07, 6.45) is 0. The van der Waals surface area contributed by atoms with Gasteiger partial charge in [0.25, 0.3) is 11.6 Å². The second-order valence-corrected chi connectivity index (χ2v) is 7.53. The highest BCUT2D eigenvalue weighted by Crippen LogP contribution is 2.28. The molecule has 7 heteroatoms. The highest BCUT2D eigenvalue weighted by atomic mass is 32.1. The van der Waals surface area contributed by atoms with E-state index in [1.807, 2.05) is 18.2 Å². The van der Waals surface area contributed by atoms with Crippen LogP contribution in [0.25, 0.3) is 0 Å². The monoisotopic (exact) mass is 361 g/mol. The van der Waals surface area contributed by atoms with E-state index in [9.17, 15) is 14.9 Å². The second-order valence-electron chi connectivity index (χ2n) is 6.27. The highest BCUT2D eigenvalue weighted by Gasteiger charge is 2.19. The number of rotatable bonds is 7. The zero-order valence-electron chi connectivity index (χ0n) is 14.9. The summed E-state index contributed by atoms with van der Waals surface area (Å²) in [5.74, 6) is -0.284. The Balaban J connectivity index is 2.07. The average molecular weight is 361 g/mol. The molecule has 1 amide bonds. The van der Waals surface area contributed by atoms with Gasteiger partial charge >= 0.3 is 0 Å². The average Bonchev–Trinajstić information content (AvgIpc) is 2.95. The fraction of sp³-hybridized carbons (Fsp3) is 0.389.